The Kier molecular flexibility index (Phi) is 6.82. The molecule has 0 aliphatic heterocycles. The number of rotatable bonds is 6. The molecule has 160 valence electrons. The molecular formula is C8CuF15O2. The van der Waals surface area contributed by atoms with Gasteiger partial charge in [-0.05, 0) is 0 Å². The van der Waals surface area contributed by atoms with Gasteiger partial charge in [-0.15, -0.1) is 0 Å². The smallest absolute Gasteiger partial charge is 0.544 e. The SMILES string of the molecule is O=C([O-])C(F)(F)C(F)(F)C(F)(F)C(F)(F)C(F)(F)C(F)(F)C(F)(F)F.[Cu+]. The number of alkyl halides is 15. The van der Waals surface area contributed by atoms with Crippen LogP contribution in [0.1, 0.15) is 0 Å². The van der Waals surface area contributed by atoms with Crippen molar-refractivity contribution in [3.8, 4) is 0 Å². The van der Waals surface area contributed by atoms with Crippen LogP contribution >= 0.6 is 0 Å². The molecule has 0 fully saturated rings. The van der Waals surface area contributed by atoms with Gasteiger partial charge < -0.3 is 9.90 Å². The number of carboxylic acid groups (broad SMARTS) is 1. The zero-order valence-electron chi connectivity index (χ0n) is 10.8. The zero-order chi connectivity index (χ0) is 21.1. The number of hydrogen-bond donors (Lipinski definition) is 0. The van der Waals surface area contributed by atoms with E-state index in [1.807, 2.05) is 0 Å². The van der Waals surface area contributed by atoms with Crippen LogP contribution < -0.4 is 5.11 Å². The van der Waals surface area contributed by atoms with Gasteiger partial charge in [-0.1, -0.05) is 0 Å². The van der Waals surface area contributed by atoms with E-state index >= 15 is 0 Å². The van der Waals surface area contributed by atoms with Crippen LogP contribution in [0.25, 0.3) is 0 Å². The largest absolute Gasteiger partial charge is 1.00 e. The summed E-state index contributed by atoms with van der Waals surface area (Å²) in [6.07, 6.45) is -7.71. The summed E-state index contributed by atoms with van der Waals surface area (Å²) in [5.74, 6) is -53.3. The minimum absolute atomic E-state index is 0. The molecular weight excluding hydrogens is 477 g/mol. The van der Waals surface area contributed by atoms with Crippen molar-refractivity contribution >= 4 is 5.97 Å². The van der Waals surface area contributed by atoms with Crippen LogP contribution in [-0.2, 0) is 21.9 Å². The van der Waals surface area contributed by atoms with Gasteiger partial charge >= 0.3 is 58.8 Å². The summed E-state index contributed by atoms with van der Waals surface area (Å²) in [4.78, 5) is 9.61. The maximum absolute atomic E-state index is 12.8. The third-order valence-electron chi connectivity index (χ3n) is 2.58. The van der Waals surface area contributed by atoms with Crippen LogP contribution in [0.3, 0.4) is 0 Å². The van der Waals surface area contributed by atoms with Gasteiger partial charge in [0.05, 0.1) is 0 Å². The summed E-state index contributed by atoms with van der Waals surface area (Å²) in [5.41, 5.74) is 0. The first-order valence-electron chi connectivity index (χ1n) is 4.99. The van der Waals surface area contributed by atoms with E-state index in [1.165, 1.54) is 0 Å². The average Bonchev–Trinajstić information content (AvgIpc) is 2.35. The van der Waals surface area contributed by atoms with Crippen LogP contribution in [0, 0.1) is 0 Å². The maximum atomic E-state index is 12.8. The first-order valence-corrected chi connectivity index (χ1v) is 4.99. The van der Waals surface area contributed by atoms with Gasteiger partial charge in [-0.2, -0.15) is 65.9 Å². The summed E-state index contributed by atoms with van der Waals surface area (Å²) in [7, 11) is 0. The van der Waals surface area contributed by atoms with Gasteiger partial charge in [0.25, 0.3) is 0 Å². The van der Waals surface area contributed by atoms with E-state index in [0.29, 0.717) is 0 Å². The van der Waals surface area contributed by atoms with E-state index in [-0.39, 0.29) is 17.1 Å². The zero-order valence-corrected chi connectivity index (χ0v) is 11.7. The number of aliphatic carboxylic acids is 1. The summed E-state index contributed by atoms with van der Waals surface area (Å²) in [6, 6.07) is 0. The Morgan fingerprint density at radius 3 is 0.962 bits per heavy atom. The molecule has 2 nitrogen and oxygen atoms in total. The van der Waals surface area contributed by atoms with Crippen molar-refractivity contribution < 1.29 is 92.8 Å². The summed E-state index contributed by atoms with van der Waals surface area (Å²) >= 11 is 0. The minimum atomic E-state index is -8.50. The Balaban J connectivity index is 0. The van der Waals surface area contributed by atoms with Crippen molar-refractivity contribution in [2.24, 2.45) is 0 Å². The third-order valence-corrected chi connectivity index (χ3v) is 2.58. The Hall–Kier alpha value is -1.06. The van der Waals surface area contributed by atoms with Gasteiger partial charge in [0.15, 0.2) is 0 Å². The number of halogens is 15. The van der Waals surface area contributed by atoms with Gasteiger partial charge in [-0.25, -0.2) is 0 Å². The normalized spacial score (nSPS) is 15.5. The standard InChI is InChI=1S/C8HF15O2.Cu/c9-2(10,1(24)25)3(11,12)4(13,14)5(15,16)6(17,18)7(19,20)8(21,22)23;/h(H,24,25);/q;+1/p-1. The molecule has 0 aliphatic rings. The third kappa shape index (κ3) is 3.18. The molecule has 0 saturated carbocycles. The van der Waals surface area contributed by atoms with E-state index in [0.717, 1.165) is 0 Å². The van der Waals surface area contributed by atoms with Gasteiger partial charge in [0, 0.05) is 0 Å². The summed E-state index contributed by atoms with van der Waals surface area (Å²) in [6.45, 7) is 0. The quantitative estimate of drug-likeness (QED) is 0.437. The van der Waals surface area contributed by atoms with E-state index in [1.54, 1.807) is 0 Å². The van der Waals surface area contributed by atoms with Crippen LogP contribution in [0.2, 0.25) is 0 Å². The molecule has 0 atom stereocenters. The molecule has 0 heterocycles. The molecule has 0 spiro atoms. The molecule has 0 aromatic rings. The topological polar surface area (TPSA) is 40.1 Å². The molecule has 0 aliphatic carbocycles. The molecule has 0 unspecified atom stereocenters. The number of carboxylic acids is 1. The van der Waals surface area contributed by atoms with Crippen LogP contribution in [-0.4, -0.2) is 47.7 Å². The Labute approximate surface area is 141 Å². The van der Waals surface area contributed by atoms with Crippen molar-refractivity contribution in [3.05, 3.63) is 0 Å². The van der Waals surface area contributed by atoms with Crippen molar-refractivity contribution in [3.63, 3.8) is 0 Å². The Bertz CT molecular complexity index is 536. The second-order valence-electron chi connectivity index (χ2n) is 4.23. The van der Waals surface area contributed by atoms with E-state index < -0.39 is 47.7 Å². The predicted octanol–water partition coefficient (Wildman–Crippen LogP) is 3.11. The average molecular weight is 477 g/mol. The first kappa shape index (κ1) is 27.2. The second-order valence-corrected chi connectivity index (χ2v) is 4.23. The minimum Gasteiger partial charge on any atom is -0.544 e. The van der Waals surface area contributed by atoms with Crippen LogP contribution in [0.4, 0.5) is 65.9 Å². The molecule has 18 heteroatoms. The van der Waals surface area contributed by atoms with Crippen molar-refractivity contribution in [1.82, 2.24) is 0 Å². The van der Waals surface area contributed by atoms with Crippen molar-refractivity contribution in [2.75, 3.05) is 0 Å². The molecule has 0 saturated heterocycles. The maximum Gasteiger partial charge on any atom is 1.00 e. The molecule has 0 aromatic heterocycles. The number of carbonyl (C=O) groups excluding carboxylic acids is 1. The number of carbonyl (C=O) groups is 1. The van der Waals surface area contributed by atoms with Gasteiger partial charge in [0.2, 0.25) is 0 Å². The Morgan fingerprint density at radius 2 is 0.731 bits per heavy atom. The molecule has 0 N–H and O–H groups in total. The van der Waals surface area contributed by atoms with Gasteiger partial charge in [0.1, 0.15) is 5.97 Å². The molecule has 0 amide bonds. The monoisotopic (exact) mass is 476 g/mol. The fourth-order valence-electron chi connectivity index (χ4n) is 1.09. The van der Waals surface area contributed by atoms with E-state index in [9.17, 15) is 75.8 Å². The van der Waals surface area contributed by atoms with E-state index in [2.05, 4.69) is 0 Å². The first-order chi connectivity index (χ1) is 10.4. The predicted molar refractivity (Wildman–Crippen MR) is 40.7 cm³/mol. The fraction of sp³-hybridized carbons (Fsp3) is 0.875. The molecule has 0 aromatic carbocycles. The number of hydrogen-bond acceptors (Lipinski definition) is 2. The van der Waals surface area contributed by atoms with Gasteiger partial charge in [-0.3, -0.25) is 0 Å². The van der Waals surface area contributed by atoms with E-state index in [4.69, 9.17) is 0 Å². The van der Waals surface area contributed by atoms with Crippen molar-refractivity contribution in [2.45, 2.75) is 41.7 Å². The summed E-state index contributed by atoms with van der Waals surface area (Å²) in [5, 5.41) is 9.61. The Morgan fingerprint density at radius 1 is 0.500 bits per heavy atom. The molecule has 0 radical (unpaired) electrons. The molecule has 0 rings (SSSR count). The molecule has 26 heavy (non-hydrogen) atoms. The summed E-state index contributed by atoms with van der Waals surface area (Å²) < 4.78 is 186. The van der Waals surface area contributed by atoms with Crippen molar-refractivity contribution in [1.29, 1.82) is 0 Å². The fourth-order valence-corrected chi connectivity index (χ4v) is 1.09. The second kappa shape index (κ2) is 6.52. The molecule has 0 bridgehead atoms. The van der Waals surface area contributed by atoms with Crippen LogP contribution in [0.5, 0.6) is 0 Å². The van der Waals surface area contributed by atoms with Crippen LogP contribution in [0.15, 0.2) is 0 Å².